The van der Waals surface area contributed by atoms with E-state index in [2.05, 4.69) is 64.4 Å². The summed E-state index contributed by atoms with van der Waals surface area (Å²) < 4.78 is 95.2. The summed E-state index contributed by atoms with van der Waals surface area (Å²) >= 11 is 3.38. The zero-order valence-corrected chi connectivity index (χ0v) is 77.5. The number of allylic oxidation sites excluding steroid dienone is 1. The van der Waals surface area contributed by atoms with Crippen LogP contribution in [0.5, 0.6) is 28.7 Å². The van der Waals surface area contributed by atoms with Crippen molar-refractivity contribution < 1.29 is 134 Å². The number of ether oxygens (including phenoxy) is 16. The molecule has 19 fully saturated rings. The summed E-state index contributed by atoms with van der Waals surface area (Å²) in [7, 11) is 7.65. The fraction of sp³-hybridized carbons (Fsp3) is 0.750. The molecule has 23 rings (SSSR count). The second-order valence-electron chi connectivity index (χ2n) is 39.3. The number of hydrogen-bond donors (Lipinski definition) is 0. The van der Waals surface area contributed by atoms with Gasteiger partial charge in [0.15, 0.2) is 64.8 Å². The summed E-state index contributed by atoms with van der Waals surface area (Å²) in [6, 6.07) is 15.4. The first-order valence-corrected chi connectivity index (χ1v) is 46.9. The highest BCUT2D eigenvalue weighted by molar-refractivity contribution is 9.10. The second kappa shape index (κ2) is 37.1. The average Bonchev–Trinajstić information content (AvgIpc) is 1.66. The fourth-order valence-electron chi connectivity index (χ4n) is 25.0. The molecular weight excluding hydrogens is 1680 g/mol. The number of carbonyl (C=O) groups is 4. The highest BCUT2D eigenvalue weighted by Gasteiger charge is 2.74. The van der Waals surface area contributed by atoms with Gasteiger partial charge in [-0.05, 0) is 263 Å². The third kappa shape index (κ3) is 17.1. The molecule has 0 radical (unpaired) electrons. The van der Waals surface area contributed by atoms with Gasteiger partial charge in [-0.3, -0.25) is 4.79 Å². The van der Waals surface area contributed by atoms with Gasteiger partial charge in [0.05, 0.1) is 90.4 Å². The maximum Gasteiger partial charge on any atom is 0.338 e. The summed E-state index contributed by atoms with van der Waals surface area (Å²) in [6.07, 6.45) is 19.6. The molecule has 3 aromatic rings. The van der Waals surface area contributed by atoms with Gasteiger partial charge < -0.3 is 75.8 Å². The molecule has 4 saturated carbocycles. The van der Waals surface area contributed by atoms with Gasteiger partial charge >= 0.3 is 17.9 Å². The summed E-state index contributed by atoms with van der Waals surface area (Å²) in [5.41, 5.74) is 0.0608. The van der Waals surface area contributed by atoms with Gasteiger partial charge in [-0.2, -0.15) is 0 Å². The van der Waals surface area contributed by atoms with Gasteiger partial charge in [0.2, 0.25) is 35.2 Å². The molecule has 0 aromatic heterocycles. The predicted octanol–water partition coefficient (Wildman–Crippen LogP) is 18.1. The van der Waals surface area contributed by atoms with E-state index in [0.717, 1.165) is 125 Å². The maximum atomic E-state index is 12.8. The minimum Gasteiger partial charge on any atom is -0.497 e. The number of aldehydes is 1. The van der Waals surface area contributed by atoms with Crippen molar-refractivity contribution in [1.82, 2.24) is 0 Å². The Morgan fingerprint density at radius 1 is 0.400 bits per heavy atom. The number of methoxy groups -OCH3 is 5. The Morgan fingerprint density at radius 3 is 1.10 bits per heavy atom. The Hall–Kier alpha value is -5.84. The van der Waals surface area contributed by atoms with E-state index >= 15 is 0 Å². The number of hydrogen-bond acceptors (Lipinski definition) is 28. The molecule has 3 aromatic carbocycles. The van der Waals surface area contributed by atoms with E-state index in [1.807, 2.05) is 46.8 Å². The Morgan fingerprint density at radius 2 is 0.744 bits per heavy atom. The lowest BCUT2D eigenvalue weighted by Crippen LogP contribution is -2.70. The van der Waals surface area contributed by atoms with Crippen molar-refractivity contribution in [1.29, 1.82) is 0 Å². The molecule has 0 N–H and O–H groups in total. The molecule has 8 bridgehead atoms. The average molecular weight is 1810 g/mol. The van der Waals surface area contributed by atoms with Crippen molar-refractivity contribution in [3.05, 3.63) is 87.1 Å². The molecule has 4 aliphatic carbocycles. The molecule has 125 heavy (non-hydrogen) atoms. The molecule has 0 amide bonds. The molecule has 29 heteroatoms. The van der Waals surface area contributed by atoms with Crippen LogP contribution < -0.4 is 23.7 Å². The molecule has 15 saturated heterocycles. The standard InChI is InChI=1S/C28H40O9.C27H38O8.C25H33BrO6.C16H22O5/c1-16-9-10-20-17(2)21(34-26-28(20)19(16)11-12-27(3,35-26)36-37-28)8-7-13-33-25(29)18-14-22(30-4)24(32-6)23(15-18)31-5;1-16-8-9-22-17(2)23(32-25-27(22)21(16)10-11-26(3,33-25)34-35-27)7-6-12-31-24(28)18-13-19(29-4)15-20(14-18)30-5;1-15-6-11-20-16(2)21(5-4-14-28-22(27)17-7-9-18(26)10-8-17)29-23-25(20)19(15)12-13-24(3,30-23)31-32-25;1-9-4-5-12-10(2)13(8-17)18-14-16(12)11(9)6-7-15(3,19-14)20-21-16/h14-17,19-21,26H,7-13H2,1-6H3;13-17,21-23,25H,6-12H2,1-5H3;7-10,15-16,19-21,23H,4-6,11-14H2,1-3H3;8-9,11-12,14H,4-7H2,1-3H3/t16-,17-,19+,20+,21-,26?,27-,28-;16-,17-,21+,22+,23-,25?,26-,27-;15-,16-,19+,20+,21-,23?,24-,25-;9-,11+,12+,14?,15-,16-/m1111/s1. The zero-order valence-electron chi connectivity index (χ0n) is 76.0. The molecular formula is C96H133BrO28. The van der Waals surface area contributed by atoms with Gasteiger partial charge in [-0.15, -0.1) is 0 Å². The van der Waals surface area contributed by atoms with Crippen LogP contribution in [0.1, 0.15) is 255 Å². The van der Waals surface area contributed by atoms with Crippen molar-refractivity contribution >= 4 is 40.1 Å². The minimum atomic E-state index is -0.781. The topological polar surface area (TPSA) is 290 Å². The molecule has 692 valence electrons. The third-order valence-electron chi connectivity index (χ3n) is 32.0. The summed E-state index contributed by atoms with van der Waals surface area (Å²) in [5, 5.41) is 0. The minimum absolute atomic E-state index is 0.00634. The van der Waals surface area contributed by atoms with Crippen LogP contribution in [0.25, 0.3) is 0 Å². The SMILES string of the molecule is CC1=C(C=O)OC2O[C@@]3(C)CC[C@H]4[C@H](C)CC[C@@H]1[C@@]24OO3.COc1cc(C(=O)OCCC[C@H]2OC3O[C@@]4(C)CC[C@H]5[C@H](C)CC[C@@H]([C@H]2C)[C@@]35OO4)cc(OC)c1OC.COc1cc(OC)cc(C(=O)OCCC[C@H]2OC3O[C@@]4(C)CC[C@H]5[C@H](C)CC[C@@H]([C@H]2C)[C@@]35OO4)c1.C[C@H]1[C@@H](CCCOC(=O)c2ccc(Br)cc2)OC2O[C@@]3(C)CC[C@H]4[C@H](C)CC[C@@H]1[C@@]24OO3. The van der Waals surface area contributed by atoms with Gasteiger partial charge in [0.1, 0.15) is 11.5 Å². The summed E-state index contributed by atoms with van der Waals surface area (Å²) in [5.74, 6) is 4.07. The number of halogens is 1. The van der Waals surface area contributed by atoms with Crippen molar-refractivity contribution in [2.45, 2.75) is 313 Å². The van der Waals surface area contributed by atoms with Crippen LogP contribution in [0.2, 0.25) is 0 Å². The lowest BCUT2D eigenvalue weighted by molar-refractivity contribution is -0.571. The van der Waals surface area contributed by atoms with Crippen LogP contribution in [-0.2, 0) is 96.0 Å². The highest BCUT2D eigenvalue weighted by atomic mass is 79.9. The van der Waals surface area contributed by atoms with E-state index in [0.29, 0.717) is 148 Å². The largest absolute Gasteiger partial charge is 0.497 e. The lowest BCUT2D eigenvalue weighted by Gasteiger charge is -2.60. The van der Waals surface area contributed by atoms with Gasteiger partial charge in [0, 0.05) is 65.8 Å². The Kier molecular flexibility index (Phi) is 27.4. The van der Waals surface area contributed by atoms with E-state index in [9.17, 15) is 19.2 Å². The molecule has 30 atom stereocenters. The van der Waals surface area contributed by atoms with Crippen molar-refractivity contribution in [2.24, 2.45) is 88.8 Å². The van der Waals surface area contributed by atoms with E-state index in [1.165, 1.54) is 40.6 Å². The first kappa shape index (κ1) is 92.4. The van der Waals surface area contributed by atoms with Crippen LogP contribution in [0.15, 0.2) is 70.4 Å². The first-order valence-electron chi connectivity index (χ1n) is 46.2. The third-order valence-corrected chi connectivity index (χ3v) is 32.5. The first-order chi connectivity index (χ1) is 59.9. The van der Waals surface area contributed by atoms with E-state index < -0.39 is 82.7 Å². The Bertz CT molecular complexity index is 4310. The fourth-order valence-corrected chi connectivity index (χ4v) is 25.3. The van der Waals surface area contributed by atoms with E-state index in [4.69, 9.17) is 115 Å². The predicted molar refractivity (Wildman–Crippen MR) is 451 cm³/mol. The van der Waals surface area contributed by atoms with E-state index in [1.54, 1.807) is 56.7 Å². The molecule has 28 nitrogen and oxygen atoms in total. The highest BCUT2D eigenvalue weighted by Crippen LogP contribution is 2.66. The summed E-state index contributed by atoms with van der Waals surface area (Å²) in [4.78, 5) is 96.9. The smallest absolute Gasteiger partial charge is 0.338 e. The van der Waals surface area contributed by atoms with Gasteiger partial charge in [-0.1, -0.05) is 64.4 Å². The van der Waals surface area contributed by atoms with E-state index in [-0.39, 0.29) is 48.6 Å². The maximum absolute atomic E-state index is 12.8. The quantitative estimate of drug-likeness (QED) is 0.0315. The molecule has 4 unspecified atom stereocenters. The second-order valence-corrected chi connectivity index (χ2v) is 40.2. The number of benzene rings is 3. The van der Waals surface area contributed by atoms with Crippen molar-refractivity contribution in [3.63, 3.8) is 0 Å². The number of carbonyl (C=O) groups excluding carboxylic acids is 4. The number of rotatable bonds is 21. The van der Waals surface area contributed by atoms with Crippen molar-refractivity contribution in [3.8, 4) is 28.7 Å². The number of esters is 3. The lowest BCUT2D eigenvalue weighted by atomic mass is 9.57. The monoisotopic (exact) mass is 1810 g/mol. The molecule has 16 aliphatic heterocycles. The molecule has 4 spiro atoms. The Labute approximate surface area is 743 Å². The van der Waals surface area contributed by atoms with Crippen molar-refractivity contribution in [2.75, 3.05) is 55.4 Å². The molecule has 20 aliphatic rings. The van der Waals surface area contributed by atoms with Crippen LogP contribution >= 0.6 is 15.9 Å². The summed E-state index contributed by atoms with van der Waals surface area (Å²) in [6.45, 7) is 26.6. The van der Waals surface area contributed by atoms with Crippen LogP contribution in [0.4, 0.5) is 0 Å². The molecule has 16 heterocycles. The van der Waals surface area contributed by atoms with Crippen LogP contribution in [-0.4, -0.2) is 169 Å². The van der Waals surface area contributed by atoms with Crippen LogP contribution in [0.3, 0.4) is 0 Å². The number of fused-ring (bicyclic) bond motifs is 8. The normalized spacial score (nSPS) is 42.2. The van der Waals surface area contributed by atoms with Gasteiger partial charge in [-0.25, -0.2) is 53.5 Å². The Balaban J connectivity index is 0.000000125. The van der Waals surface area contributed by atoms with Gasteiger partial charge in [0.25, 0.3) is 0 Å². The van der Waals surface area contributed by atoms with Crippen LogP contribution in [0, 0.1) is 88.8 Å². The zero-order chi connectivity index (χ0) is 88.5.